The third-order valence-corrected chi connectivity index (χ3v) is 4.68. The largest absolute Gasteiger partial charge is 0.395 e. The van der Waals surface area contributed by atoms with E-state index in [2.05, 4.69) is 47.2 Å². The van der Waals surface area contributed by atoms with Gasteiger partial charge in [0.05, 0.1) is 35.2 Å². The summed E-state index contributed by atoms with van der Waals surface area (Å²) in [6.07, 6.45) is 0.926. The minimum Gasteiger partial charge on any atom is -0.395 e. The lowest BCUT2D eigenvalue weighted by molar-refractivity contribution is 0.275. The number of hydrogen-bond acceptors (Lipinski definition) is 3. The van der Waals surface area contributed by atoms with Gasteiger partial charge in [-0.2, -0.15) is 0 Å². The van der Waals surface area contributed by atoms with Crippen molar-refractivity contribution in [1.29, 1.82) is 0 Å². The fourth-order valence-corrected chi connectivity index (χ4v) is 3.56. The third-order valence-electron chi connectivity index (χ3n) is 4.68. The van der Waals surface area contributed by atoms with Crippen molar-refractivity contribution in [3.8, 4) is 0 Å². The van der Waals surface area contributed by atoms with E-state index in [-0.39, 0.29) is 6.61 Å². The van der Waals surface area contributed by atoms with Crippen molar-refractivity contribution < 1.29 is 5.11 Å². The van der Waals surface area contributed by atoms with Crippen molar-refractivity contribution in [1.82, 2.24) is 19.1 Å². The second-order valence-corrected chi connectivity index (χ2v) is 7.09. The Balaban J connectivity index is 1.84. The summed E-state index contributed by atoms with van der Waals surface area (Å²) in [5.41, 5.74) is 4.18. The van der Waals surface area contributed by atoms with E-state index in [0.29, 0.717) is 19.0 Å². The standard InChI is InChI=1S/C21H24N4O/c1-15(2)13-20-22-17-8-4-6-10-19(17)25(20)14-21-23-16-7-3-5-9-18(16)24(21)11-12-26/h3-10,15,26H,11-14H2,1-2H3. The molecule has 0 saturated carbocycles. The van der Waals surface area contributed by atoms with Gasteiger partial charge in [0.2, 0.25) is 0 Å². The first-order valence-corrected chi connectivity index (χ1v) is 9.16. The zero-order valence-electron chi connectivity index (χ0n) is 15.3. The van der Waals surface area contributed by atoms with Crippen LogP contribution in [0, 0.1) is 5.92 Å². The molecule has 5 nitrogen and oxygen atoms in total. The Hall–Kier alpha value is -2.66. The minimum absolute atomic E-state index is 0.0941. The first-order valence-electron chi connectivity index (χ1n) is 9.16. The average Bonchev–Trinajstić information content (AvgIpc) is 3.14. The molecule has 0 atom stereocenters. The zero-order chi connectivity index (χ0) is 18.1. The molecular weight excluding hydrogens is 324 g/mol. The van der Waals surface area contributed by atoms with Gasteiger partial charge in [-0.1, -0.05) is 38.1 Å². The van der Waals surface area contributed by atoms with Crippen LogP contribution in [0.3, 0.4) is 0 Å². The summed E-state index contributed by atoms with van der Waals surface area (Å²) < 4.78 is 4.38. The summed E-state index contributed by atoms with van der Waals surface area (Å²) in [7, 11) is 0. The van der Waals surface area contributed by atoms with Crippen LogP contribution in [0.15, 0.2) is 48.5 Å². The van der Waals surface area contributed by atoms with E-state index in [1.54, 1.807) is 0 Å². The highest BCUT2D eigenvalue weighted by molar-refractivity contribution is 5.77. The molecule has 0 amide bonds. The van der Waals surface area contributed by atoms with E-state index >= 15 is 0 Å². The van der Waals surface area contributed by atoms with E-state index in [9.17, 15) is 5.11 Å². The fourth-order valence-electron chi connectivity index (χ4n) is 3.56. The molecule has 2 aromatic carbocycles. The van der Waals surface area contributed by atoms with E-state index in [4.69, 9.17) is 9.97 Å². The molecule has 4 rings (SSSR count). The quantitative estimate of drug-likeness (QED) is 0.579. The van der Waals surface area contributed by atoms with Crippen LogP contribution in [0.2, 0.25) is 0 Å². The van der Waals surface area contributed by atoms with E-state index in [1.807, 2.05) is 24.3 Å². The highest BCUT2D eigenvalue weighted by atomic mass is 16.3. The lowest BCUT2D eigenvalue weighted by Gasteiger charge is -2.12. The monoisotopic (exact) mass is 348 g/mol. The predicted octanol–water partition coefficient (Wildman–Crippen LogP) is 3.63. The van der Waals surface area contributed by atoms with Gasteiger partial charge in [-0.15, -0.1) is 0 Å². The maximum atomic E-state index is 9.53. The van der Waals surface area contributed by atoms with Gasteiger partial charge >= 0.3 is 0 Å². The fraction of sp³-hybridized carbons (Fsp3) is 0.333. The molecule has 4 aromatic rings. The molecule has 0 saturated heterocycles. The molecule has 0 fully saturated rings. The first kappa shape index (κ1) is 16.8. The molecule has 134 valence electrons. The highest BCUT2D eigenvalue weighted by Gasteiger charge is 2.16. The normalized spacial score (nSPS) is 11.8. The number of aliphatic hydroxyl groups is 1. The maximum absolute atomic E-state index is 9.53. The van der Waals surface area contributed by atoms with E-state index < -0.39 is 0 Å². The molecule has 5 heteroatoms. The Morgan fingerprint density at radius 1 is 0.846 bits per heavy atom. The number of fused-ring (bicyclic) bond motifs is 2. The summed E-state index contributed by atoms with van der Waals surface area (Å²) in [5.74, 6) is 2.57. The number of rotatable bonds is 6. The van der Waals surface area contributed by atoms with Crippen LogP contribution in [-0.2, 0) is 19.5 Å². The third kappa shape index (κ3) is 2.99. The van der Waals surface area contributed by atoms with Crippen molar-refractivity contribution in [3.63, 3.8) is 0 Å². The molecule has 0 aliphatic rings. The number of hydrogen-bond donors (Lipinski definition) is 1. The Kier molecular flexibility index (Phi) is 4.47. The molecule has 2 aromatic heterocycles. The van der Waals surface area contributed by atoms with Gasteiger partial charge in [-0.25, -0.2) is 9.97 Å². The van der Waals surface area contributed by atoms with Crippen LogP contribution >= 0.6 is 0 Å². The topological polar surface area (TPSA) is 55.9 Å². The summed E-state index contributed by atoms with van der Waals surface area (Å²) in [6, 6.07) is 16.3. The lowest BCUT2D eigenvalue weighted by atomic mass is 10.1. The van der Waals surface area contributed by atoms with Crippen LogP contribution in [0.5, 0.6) is 0 Å². The molecule has 1 N–H and O–H groups in total. The highest BCUT2D eigenvalue weighted by Crippen LogP contribution is 2.22. The van der Waals surface area contributed by atoms with Crippen molar-refractivity contribution in [2.45, 2.75) is 33.4 Å². The Bertz CT molecular complexity index is 1040. The first-order chi connectivity index (χ1) is 12.7. The van der Waals surface area contributed by atoms with Gasteiger partial charge in [0.1, 0.15) is 11.6 Å². The molecular formula is C21H24N4O. The number of nitrogens with zero attached hydrogens (tertiary/aromatic N) is 4. The number of imidazole rings is 2. The van der Waals surface area contributed by atoms with Crippen LogP contribution in [0.4, 0.5) is 0 Å². The van der Waals surface area contributed by atoms with Crippen molar-refractivity contribution in [3.05, 3.63) is 60.2 Å². The second kappa shape index (κ2) is 6.92. The van der Waals surface area contributed by atoms with Crippen LogP contribution in [0.25, 0.3) is 22.1 Å². The lowest BCUT2D eigenvalue weighted by Crippen LogP contribution is -2.13. The van der Waals surface area contributed by atoms with Gasteiger partial charge in [0, 0.05) is 13.0 Å². The number of aliphatic hydroxyl groups excluding tert-OH is 1. The van der Waals surface area contributed by atoms with Crippen molar-refractivity contribution in [2.75, 3.05) is 6.61 Å². The molecule has 2 heterocycles. The average molecular weight is 348 g/mol. The van der Waals surface area contributed by atoms with Crippen LogP contribution < -0.4 is 0 Å². The smallest absolute Gasteiger partial charge is 0.130 e. The van der Waals surface area contributed by atoms with Crippen LogP contribution in [0.1, 0.15) is 25.5 Å². The van der Waals surface area contributed by atoms with E-state index in [0.717, 1.165) is 40.1 Å². The SMILES string of the molecule is CC(C)Cc1nc2ccccc2n1Cc1nc2ccccc2n1CCO. The molecule has 0 aliphatic heterocycles. The van der Waals surface area contributed by atoms with Gasteiger partial charge < -0.3 is 14.2 Å². The Labute approximate surface area is 152 Å². The number of aromatic nitrogens is 4. The second-order valence-electron chi connectivity index (χ2n) is 7.09. The van der Waals surface area contributed by atoms with Crippen LogP contribution in [-0.4, -0.2) is 30.8 Å². The zero-order valence-corrected chi connectivity index (χ0v) is 15.3. The van der Waals surface area contributed by atoms with Gasteiger partial charge in [-0.3, -0.25) is 0 Å². The van der Waals surface area contributed by atoms with Gasteiger partial charge in [0.25, 0.3) is 0 Å². The molecule has 0 unspecified atom stereocenters. The Morgan fingerprint density at radius 3 is 2.04 bits per heavy atom. The maximum Gasteiger partial charge on any atom is 0.130 e. The summed E-state index contributed by atoms with van der Waals surface area (Å²) in [4.78, 5) is 9.69. The molecule has 0 bridgehead atoms. The van der Waals surface area contributed by atoms with Crippen molar-refractivity contribution >= 4 is 22.1 Å². The molecule has 0 spiro atoms. The van der Waals surface area contributed by atoms with E-state index in [1.165, 1.54) is 0 Å². The van der Waals surface area contributed by atoms with Gasteiger partial charge in [-0.05, 0) is 30.2 Å². The summed E-state index contributed by atoms with van der Waals surface area (Å²) in [5, 5.41) is 9.53. The number of benzene rings is 2. The van der Waals surface area contributed by atoms with Gasteiger partial charge in [0.15, 0.2) is 0 Å². The predicted molar refractivity (Wildman–Crippen MR) is 104 cm³/mol. The minimum atomic E-state index is 0.0941. The summed E-state index contributed by atoms with van der Waals surface area (Å²) >= 11 is 0. The summed E-state index contributed by atoms with van der Waals surface area (Å²) in [6.45, 7) is 5.71. The number of para-hydroxylation sites is 4. The molecule has 26 heavy (non-hydrogen) atoms. The molecule has 0 aliphatic carbocycles. The van der Waals surface area contributed by atoms with Crippen molar-refractivity contribution in [2.24, 2.45) is 5.92 Å². The Morgan fingerprint density at radius 2 is 1.42 bits per heavy atom. The molecule has 0 radical (unpaired) electrons.